The number of carbonyl (C=O) groups is 2. The van der Waals surface area contributed by atoms with Gasteiger partial charge in [0.2, 0.25) is 0 Å². The zero-order valence-corrected chi connectivity index (χ0v) is 17.4. The molecule has 0 saturated carbocycles. The summed E-state index contributed by atoms with van der Waals surface area (Å²) in [6.07, 6.45) is 8.45. The topological polar surface area (TPSA) is 52.6 Å². The van der Waals surface area contributed by atoms with Gasteiger partial charge in [-0.15, -0.1) is 0 Å². The number of esters is 2. The lowest BCUT2D eigenvalue weighted by molar-refractivity contribution is -0.129. The van der Waals surface area contributed by atoms with Crippen LogP contribution in [-0.4, -0.2) is 11.9 Å². The minimum absolute atomic E-state index is 0.478. The summed E-state index contributed by atoms with van der Waals surface area (Å²) in [5.41, 5.74) is 4.40. The van der Waals surface area contributed by atoms with Gasteiger partial charge in [-0.05, 0) is 59.9 Å². The fraction of sp³-hybridized carbons (Fsp3) is 0.154. The van der Waals surface area contributed by atoms with Gasteiger partial charge in [0.15, 0.2) is 0 Å². The van der Waals surface area contributed by atoms with Crippen LogP contribution in [-0.2, 0) is 9.59 Å². The van der Waals surface area contributed by atoms with Gasteiger partial charge in [0.1, 0.15) is 11.5 Å². The van der Waals surface area contributed by atoms with Crippen LogP contribution < -0.4 is 9.47 Å². The van der Waals surface area contributed by atoms with Gasteiger partial charge in [-0.25, -0.2) is 9.59 Å². The number of hydrogen-bond donors (Lipinski definition) is 0. The molecule has 4 heteroatoms. The number of carbonyl (C=O) groups excluding carboxylic acids is 2. The zero-order chi connectivity index (χ0) is 21.9. The third-order valence-corrected chi connectivity index (χ3v) is 4.28. The summed E-state index contributed by atoms with van der Waals surface area (Å²) < 4.78 is 10.2. The Kier molecular flexibility index (Phi) is 8.57. The normalized spacial score (nSPS) is 11.5. The van der Waals surface area contributed by atoms with Crippen molar-refractivity contribution in [1.29, 1.82) is 0 Å². The molecule has 30 heavy (non-hydrogen) atoms. The molecule has 0 aliphatic heterocycles. The molecule has 0 amide bonds. The molecule has 0 atom stereocenters. The van der Waals surface area contributed by atoms with E-state index in [1.165, 1.54) is 5.57 Å². The van der Waals surface area contributed by atoms with Gasteiger partial charge in [-0.3, -0.25) is 0 Å². The minimum atomic E-state index is -0.479. The van der Waals surface area contributed by atoms with Crippen molar-refractivity contribution >= 4 is 24.1 Å². The van der Waals surface area contributed by atoms with Crippen LogP contribution in [0.15, 0.2) is 85.0 Å². The number of ether oxygens (including phenoxy) is 2. The standard InChI is InChI=1S/C26H26O4/c1-5-8-22(18-21-11-15-24(16-12-21)30-26(28)7-3)19(4)17-20-9-13-23(14-10-20)29-25(27)6-2/h6-7,9-18H,2-3,5,8H2,1,4H3/b19-17?,22-18+. The van der Waals surface area contributed by atoms with E-state index >= 15 is 0 Å². The molecule has 0 unspecified atom stereocenters. The Morgan fingerprint density at radius 2 is 1.23 bits per heavy atom. The minimum Gasteiger partial charge on any atom is -0.423 e. The van der Waals surface area contributed by atoms with Crippen molar-refractivity contribution in [2.45, 2.75) is 26.7 Å². The first kappa shape index (κ1) is 22.6. The van der Waals surface area contributed by atoms with Gasteiger partial charge >= 0.3 is 11.9 Å². The first-order valence-electron chi connectivity index (χ1n) is 9.73. The van der Waals surface area contributed by atoms with Gasteiger partial charge in [-0.2, -0.15) is 0 Å². The van der Waals surface area contributed by atoms with Gasteiger partial charge in [0.25, 0.3) is 0 Å². The van der Waals surface area contributed by atoms with Crippen molar-refractivity contribution in [2.75, 3.05) is 0 Å². The van der Waals surface area contributed by atoms with Crippen molar-refractivity contribution in [1.82, 2.24) is 0 Å². The predicted molar refractivity (Wildman–Crippen MR) is 121 cm³/mol. The van der Waals surface area contributed by atoms with Crippen molar-refractivity contribution in [3.8, 4) is 11.5 Å². The smallest absolute Gasteiger partial charge is 0.335 e. The predicted octanol–water partition coefficient (Wildman–Crippen LogP) is 6.16. The van der Waals surface area contributed by atoms with Crippen LogP contribution in [0.2, 0.25) is 0 Å². The molecule has 2 rings (SSSR count). The molecule has 0 heterocycles. The zero-order valence-electron chi connectivity index (χ0n) is 17.4. The summed E-state index contributed by atoms with van der Waals surface area (Å²) in [4.78, 5) is 22.6. The highest BCUT2D eigenvalue weighted by atomic mass is 16.5. The molecule has 0 aliphatic carbocycles. The fourth-order valence-electron chi connectivity index (χ4n) is 2.78. The molecule has 0 bridgehead atoms. The Hall–Kier alpha value is -3.66. The maximum Gasteiger partial charge on any atom is 0.335 e. The summed E-state index contributed by atoms with van der Waals surface area (Å²) in [5.74, 6) is 0.0109. The Labute approximate surface area is 177 Å². The molecular formula is C26H26O4. The molecule has 2 aromatic rings. The van der Waals surface area contributed by atoms with E-state index in [0.717, 1.165) is 41.7 Å². The average Bonchev–Trinajstić information content (AvgIpc) is 2.75. The number of rotatable bonds is 9. The molecule has 0 radical (unpaired) electrons. The molecule has 0 aliphatic rings. The van der Waals surface area contributed by atoms with Crippen molar-refractivity contribution in [3.05, 3.63) is 96.1 Å². The molecule has 4 nitrogen and oxygen atoms in total. The van der Waals surface area contributed by atoms with Gasteiger partial charge in [0, 0.05) is 12.2 Å². The Morgan fingerprint density at radius 3 is 1.63 bits per heavy atom. The maximum absolute atomic E-state index is 11.3. The molecule has 0 aromatic heterocycles. The van der Waals surface area contributed by atoms with E-state index in [2.05, 4.69) is 39.2 Å². The van der Waals surface area contributed by atoms with Crippen LogP contribution in [0.3, 0.4) is 0 Å². The maximum atomic E-state index is 11.3. The second kappa shape index (κ2) is 11.4. The highest BCUT2D eigenvalue weighted by molar-refractivity contribution is 5.83. The van der Waals surface area contributed by atoms with Gasteiger partial charge in [0.05, 0.1) is 0 Å². The molecule has 0 N–H and O–H groups in total. The quantitative estimate of drug-likeness (QED) is 0.218. The van der Waals surface area contributed by atoms with Crippen LogP contribution in [0.4, 0.5) is 0 Å². The highest BCUT2D eigenvalue weighted by Gasteiger charge is 2.04. The second-order valence-electron chi connectivity index (χ2n) is 6.64. The van der Waals surface area contributed by atoms with Crippen molar-refractivity contribution < 1.29 is 19.1 Å². The average molecular weight is 402 g/mol. The molecular weight excluding hydrogens is 376 g/mol. The molecule has 154 valence electrons. The van der Waals surface area contributed by atoms with Crippen LogP contribution in [0.5, 0.6) is 11.5 Å². The van der Waals surface area contributed by atoms with Crippen LogP contribution in [0.25, 0.3) is 12.2 Å². The summed E-state index contributed by atoms with van der Waals surface area (Å²) in [6.45, 7) is 11.0. The largest absolute Gasteiger partial charge is 0.423 e. The summed E-state index contributed by atoms with van der Waals surface area (Å²) >= 11 is 0. The summed E-state index contributed by atoms with van der Waals surface area (Å²) in [7, 11) is 0. The van der Waals surface area contributed by atoms with Crippen molar-refractivity contribution in [2.24, 2.45) is 0 Å². The van der Waals surface area contributed by atoms with Gasteiger partial charge in [-0.1, -0.05) is 62.9 Å². The lowest BCUT2D eigenvalue weighted by atomic mass is 9.98. The number of hydrogen-bond acceptors (Lipinski definition) is 4. The number of allylic oxidation sites excluding steroid dienone is 2. The van der Waals surface area contributed by atoms with E-state index in [9.17, 15) is 9.59 Å². The van der Waals surface area contributed by atoms with E-state index in [-0.39, 0.29) is 0 Å². The van der Waals surface area contributed by atoms with Crippen LogP contribution in [0.1, 0.15) is 37.8 Å². The van der Waals surface area contributed by atoms with Gasteiger partial charge < -0.3 is 9.47 Å². The molecule has 2 aromatic carbocycles. The Balaban J connectivity index is 2.19. The fourth-order valence-corrected chi connectivity index (χ4v) is 2.78. The highest BCUT2D eigenvalue weighted by Crippen LogP contribution is 2.24. The van der Waals surface area contributed by atoms with Crippen LogP contribution in [0, 0.1) is 0 Å². The first-order valence-corrected chi connectivity index (χ1v) is 9.73. The number of benzene rings is 2. The third kappa shape index (κ3) is 7.06. The van der Waals surface area contributed by atoms with E-state index in [4.69, 9.17) is 9.47 Å². The third-order valence-electron chi connectivity index (χ3n) is 4.28. The summed E-state index contributed by atoms with van der Waals surface area (Å²) in [6, 6.07) is 14.7. The summed E-state index contributed by atoms with van der Waals surface area (Å²) in [5, 5.41) is 0. The Bertz CT molecular complexity index is 961. The van der Waals surface area contributed by atoms with Crippen molar-refractivity contribution in [3.63, 3.8) is 0 Å². The SMILES string of the molecule is C=CC(=O)Oc1ccc(C=C(C)/C(=C/c2ccc(OC(=O)C=C)cc2)CCC)cc1. The molecule has 0 spiro atoms. The lowest BCUT2D eigenvalue weighted by Gasteiger charge is -2.09. The van der Waals surface area contributed by atoms with E-state index in [1.807, 2.05) is 24.3 Å². The molecule has 0 saturated heterocycles. The van der Waals surface area contributed by atoms with E-state index in [0.29, 0.717) is 11.5 Å². The van der Waals surface area contributed by atoms with E-state index in [1.54, 1.807) is 24.3 Å². The van der Waals surface area contributed by atoms with Crippen LogP contribution >= 0.6 is 0 Å². The lowest BCUT2D eigenvalue weighted by Crippen LogP contribution is -2.02. The monoisotopic (exact) mass is 402 g/mol. The molecule has 0 fully saturated rings. The Morgan fingerprint density at radius 1 is 0.800 bits per heavy atom. The van der Waals surface area contributed by atoms with E-state index < -0.39 is 11.9 Å². The second-order valence-corrected chi connectivity index (χ2v) is 6.64. The first-order chi connectivity index (χ1) is 14.4.